The number of hydrogen-bond acceptors (Lipinski definition) is 3. The lowest BCUT2D eigenvalue weighted by molar-refractivity contribution is -0.206. The standard InChI is InChI=1S/C21H25FO3/c1-3-6-15-13-24-21(25-14-15)17-11-9-16(10-12-17)20(23-2)18-7-4-5-8-19(18)22/h4-5,7-12,15,20-21H,3,6,13-14H2,1-2H3/t15-,20?,21-. The highest BCUT2D eigenvalue weighted by atomic mass is 19.1. The largest absolute Gasteiger partial charge is 0.372 e. The maximum absolute atomic E-state index is 14.1. The molecular formula is C21H25FO3. The Morgan fingerprint density at radius 2 is 1.76 bits per heavy atom. The van der Waals surface area contributed by atoms with Crippen molar-refractivity contribution >= 4 is 0 Å². The SMILES string of the molecule is CCC[C@H]1CO[C@H](c2ccc(C(OC)c3ccccc3F)cc2)OC1. The summed E-state index contributed by atoms with van der Waals surface area (Å²) in [4.78, 5) is 0. The van der Waals surface area contributed by atoms with E-state index >= 15 is 0 Å². The minimum atomic E-state index is -0.433. The number of hydrogen-bond donors (Lipinski definition) is 0. The number of rotatable bonds is 6. The third-order valence-electron chi connectivity index (χ3n) is 4.60. The smallest absolute Gasteiger partial charge is 0.183 e. The molecule has 134 valence electrons. The molecule has 25 heavy (non-hydrogen) atoms. The van der Waals surface area contributed by atoms with Crippen molar-refractivity contribution in [3.05, 3.63) is 71.0 Å². The highest BCUT2D eigenvalue weighted by Gasteiger charge is 2.23. The fourth-order valence-electron chi connectivity index (χ4n) is 3.27. The van der Waals surface area contributed by atoms with Gasteiger partial charge < -0.3 is 14.2 Å². The first-order valence-electron chi connectivity index (χ1n) is 8.83. The van der Waals surface area contributed by atoms with Crippen molar-refractivity contribution in [2.24, 2.45) is 5.92 Å². The van der Waals surface area contributed by atoms with Gasteiger partial charge in [-0.15, -0.1) is 0 Å². The van der Waals surface area contributed by atoms with E-state index in [9.17, 15) is 4.39 Å². The Morgan fingerprint density at radius 3 is 2.36 bits per heavy atom. The normalized spacial score (nSPS) is 21.9. The lowest BCUT2D eigenvalue weighted by Crippen LogP contribution is -2.27. The lowest BCUT2D eigenvalue weighted by Gasteiger charge is -2.29. The molecule has 0 saturated carbocycles. The number of benzene rings is 2. The summed E-state index contributed by atoms with van der Waals surface area (Å²) in [5.41, 5.74) is 2.41. The lowest BCUT2D eigenvalue weighted by atomic mass is 9.99. The predicted octanol–water partition coefficient (Wildman–Crippen LogP) is 5.02. The van der Waals surface area contributed by atoms with Crippen LogP contribution in [0.5, 0.6) is 0 Å². The molecule has 1 aliphatic rings. The molecule has 0 aromatic heterocycles. The molecule has 0 amide bonds. The van der Waals surface area contributed by atoms with Gasteiger partial charge in [0.2, 0.25) is 0 Å². The zero-order chi connectivity index (χ0) is 17.6. The molecule has 2 aromatic carbocycles. The molecule has 1 atom stereocenters. The van der Waals surface area contributed by atoms with Crippen molar-refractivity contribution in [3.8, 4) is 0 Å². The second-order valence-corrected chi connectivity index (χ2v) is 6.46. The molecule has 4 heteroatoms. The molecule has 0 N–H and O–H groups in total. The van der Waals surface area contributed by atoms with Gasteiger partial charge in [-0.1, -0.05) is 55.8 Å². The van der Waals surface area contributed by atoms with E-state index in [1.807, 2.05) is 30.3 Å². The van der Waals surface area contributed by atoms with Gasteiger partial charge >= 0.3 is 0 Å². The monoisotopic (exact) mass is 344 g/mol. The Hall–Kier alpha value is -1.75. The van der Waals surface area contributed by atoms with Crippen LogP contribution in [0.3, 0.4) is 0 Å². The molecule has 0 radical (unpaired) electrons. The van der Waals surface area contributed by atoms with Gasteiger partial charge in [-0.05, 0) is 18.1 Å². The van der Waals surface area contributed by atoms with Gasteiger partial charge in [0.1, 0.15) is 11.9 Å². The summed E-state index contributed by atoms with van der Waals surface area (Å²) in [6.45, 7) is 3.64. The Labute approximate surface area is 148 Å². The fourth-order valence-corrected chi connectivity index (χ4v) is 3.27. The molecule has 1 saturated heterocycles. The van der Waals surface area contributed by atoms with E-state index in [4.69, 9.17) is 14.2 Å². The summed E-state index contributed by atoms with van der Waals surface area (Å²) in [6.07, 6.45) is 1.52. The first-order chi connectivity index (χ1) is 12.2. The van der Waals surface area contributed by atoms with Crippen LogP contribution in [0.4, 0.5) is 4.39 Å². The third-order valence-corrected chi connectivity index (χ3v) is 4.60. The Kier molecular flexibility index (Phi) is 6.19. The maximum atomic E-state index is 14.1. The van der Waals surface area contributed by atoms with Gasteiger partial charge in [0.05, 0.1) is 13.2 Å². The van der Waals surface area contributed by atoms with Crippen molar-refractivity contribution in [2.45, 2.75) is 32.2 Å². The Morgan fingerprint density at radius 1 is 1.08 bits per heavy atom. The highest BCUT2D eigenvalue weighted by molar-refractivity contribution is 5.33. The van der Waals surface area contributed by atoms with Crippen LogP contribution < -0.4 is 0 Å². The average Bonchev–Trinajstić information content (AvgIpc) is 2.65. The first-order valence-corrected chi connectivity index (χ1v) is 8.83. The van der Waals surface area contributed by atoms with E-state index in [2.05, 4.69) is 6.92 Å². The second-order valence-electron chi connectivity index (χ2n) is 6.46. The molecule has 0 bridgehead atoms. The van der Waals surface area contributed by atoms with E-state index in [1.54, 1.807) is 19.2 Å². The molecule has 1 heterocycles. The van der Waals surface area contributed by atoms with Crippen LogP contribution in [0.2, 0.25) is 0 Å². The van der Waals surface area contributed by atoms with Gasteiger partial charge in [0, 0.05) is 24.2 Å². The second kappa shape index (κ2) is 8.56. The number of ether oxygens (including phenoxy) is 3. The molecule has 1 aliphatic heterocycles. The van der Waals surface area contributed by atoms with Gasteiger partial charge in [0.15, 0.2) is 6.29 Å². The van der Waals surface area contributed by atoms with Crippen LogP contribution >= 0.6 is 0 Å². The van der Waals surface area contributed by atoms with Gasteiger partial charge in [-0.25, -0.2) is 4.39 Å². The summed E-state index contributed by atoms with van der Waals surface area (Å²) in [5, 5.41) is 0. The average molecular weight is 344 g/mol. The molecule has 1 unspecified atom stereocenters. The molecule has 1 fully saturated rings. The molecule has 2 aromatic rings. The van der Waals surface area contributed by atoms with Crippen LogP contribution in [-0.4, -0.2) is 20.3 Å². The van der Waals surface area contributed by atoms with E-state index in [1.165, 1.54) is 6.07 Å². The molecular weight excluding hydrogens is 319 g/mol. The molecule has 3 nitrogen and oxygen atoms in total. The van der Waals surface area contributed by atoms with Crippen molar-refractivity contribution in [2.75, 3.05) is 20.3 Å². The highest BCUT2D eigenvalue weighted by Crippen LogP contribution is 2.31. The van der Waals surface area contributed by atoms with Crippen molar-refractivity contribution in [3.63, 3.8) is 0 Å². The summed E-state index contributed by atoms with van der Waals surface area (Å²) < 4.78 is 31.3. The zero-order valence-corrected chi connectivity index (χ0v) is 14.8. The van der Waals surface area contributed by atoms with Gasteiger partial charge in [-0.2, -0.15) is 0 Å². The van der Waals surface area contributed by atoms with Crippen LogP contribution in [0, 0.1) is 11.7 Å². The summed E-state index contributed by atoms with van der Waals surface area (Å²) in [6, 6.07) is 14.5. The summed E-state index contributed by atoms with van der Waals surface area (Å²) in [5.74, 6) is 0.221. The minimum Gasteiger partial charge on any atom is -0.372 e. The number of halogens is 1. The van der Waals surface area contributed by atoms with Crippen molar-refractivity contribution < 1.29 is 18.6 Å². The number of methoxy groups -OCH3 is 1. The quantitative estimate of drug-likeness (QED) is 0.736. The maximum Gasteiger partial charge on any atom is 0.183 e. The van der Waals surface area contributed by atoms with Crippen LogP contribution in [0.1, 0.15) is 48.8 Å². The van der Waals surface area contributed by atoms with E-state index in [-0.39, 0.29) is 12.1 Å². The predicted molar refractivity (Wildman–Crippen MR) is 94.7 cm³/mol. The van der Waals surface area contributed by atoms with Gasteiger partial charge in [0.25, 0.3) is 0 Å². The van der Waals surface area contributed by atoms with Crippen molar-refractivity contribution in [1.29, 1.82) is 0 Å². The van der Waals surface area contributed by atoms with Crippen LogP contribution in [0.25, 0.3) is 0 Å². The summed E-state index contributed by atoms with van der Waals surface area (Å²) in [7, 11) is 1.59. The van der Waals surface area contributed by atoms with Gasteiger partial charge in [-0.3, -0.25) is 0 Å². The van der Waals surface area contributed by atoms with E-state index in [0.29, 0.717) is 11.5 Å². The Balaban J connectivity index is 1.71. The zero-order valence-electron chi connectivity index (χ0n) is 14.8. The van der Waals surface area contributed by atoms with Crippen LogP contribution in [-0.2, 0) is 14.2 Å². The minimum absolute atomic E-state index is 0.265. The Bertz CT molecular complexity index is 663. The fraction of sp³-hybridized carbons (Fsp3) is 0.429. The van der Waals surface area contributed by atoms with E-state index < -0.39 is 6.10 Å². The van der Waals surface area contributed by atoms with E-state index in [0.717, 1.165) is 37.2 Å². The van der Waals surface area contributed by atoms with Crippen LogP contribution in [0.15, 0.2) is 48.5 Å². The molecule has 3 rings (SSSR count). The van der Waals surface area contributed by atoms with Crippen molar-refractivity contribution in [1.82, 2.24) is 0 Å². The molecule has 0 aliphatic carbocycles. The summed E-state index contributed by atoms with van der Waals surface area (Å²) >= 11 is 0. The third kappa shape index (κ3) is 4.27. The topological polar surface area (TPSA) is 27.7 Å². The molecule has 0 spiro atoms. The first kappa shape index (κ1) is 18.1.